The van der Waals surface area contributed by atoms with E-state index in [1.54, 1.807) is 13.8 Å². The van der Waals surface area contributed by atoms with E-state index in [0.29, 0.717) is 26.1 Å². The van der Waals surface area contributed by atoms with Gasteiger partial charge in [0.05, 0.1) is 25.7 Å². The van der Waals surface area contributed by atoms with E-state index in [9.17, 15) is 9.59 Å². The number of carbonyl (C=O) groups is 2. The second kappa shape index (κ2) is 4.07. The molecule has 0 bridgehead atoms. The summed E-state index contributed by atoms with van der Waals surface area (Å²) in [6.45, 7) is 4.55. The maximum atomic E-state index is 12.3. The van der Waals surface area contributed by atoms with Crippen molar-refractivity contribution >= 4 is 11.8 Å². The van der Waals surface area contributed by atoms with Gasteiger partial charge in [-0.15, -0.1) is 0 Å². The van der Waals surface area contributed by atoms with E-state index in [2.05, 4.69) is 4.74 Å². The van der Waals surface area contributed by atoms with Crippen molar-refractivity contribution in [3.05, 3.63) is 0 Å². The van der Waals surface area contributed by atoms with Gasteiger partial charge in [0.2, 0.25) is 0 Å². The third-order valence-corrected chi connectivity index (χ3v) is 3.89. The van der Waals surface area contributed by atoms with Crippen LogP contribution in [0.15, 0.2) is 0 Å². The highest BCUT2D eigenvalue weighted by Gasteiger charge is 2.60. The molecule has 2 fully saturated rings. The summed E-state index contributed by atoms with van der Waals surface area (Å²) in [5, 5.41) is 0. The van der Waals surface area contributed by atoms with Crippen molar-refractivity contribution in [2.75, 3.05) is 20.3 Å². The first-order valence-electron chi connectivity index (χ1n) is 5.85. The van der Waals surface area contributed by atoms with E-state index in [0.717, 1.165) is 0 Å². The molecule has 1 saturated heterocycles. The van der Waals surface area contributed by atoms with Crippen LogP contribution in [-0.4, -0.2) is 37.9 Å². The maximum absolute atomic E-state index is 12.3. The second-order valence-corrected chi connectivity index (χ2v) is 5.05. The molecule has 5 nitrogen and oxygen atoms in total. The van der Waals surface area contributed by atoms with Crippen LogP contribution in [0.5, 0.6) is 0 Å². The number of esters is 1. The summed E-state index contributed by atoms with van der Waals surface area (Å²) in [5.41, 5.74) is -0.819. The van der Waals surface area contributed by atoms with Gasteiger partial charge in [-0.3, -0.25) is 9.59 Å². The third kappa shape index (κ3) is 1.68. The lowest BCUT2D eigenvalue weighted by Gasteiger charge is -2.46. The molecule has 1 atom stereocenters. The zero-order chi connectivity index (χ0) is 12.7. The second-order valence-electron chi connectivity index (χ2n) is 5.05. The van der Waals surface area contributed by atoms with Gasteiger partial charge >= 0.3 is 5.97 Å². The molecule has 5 heteroatoms. The molecule has 1 aliphatic heterocycles. The van der Waals surface area contributed by atoms with Crippen molar-refractivity contribution in [1.82, 2.24) is 0 Å². The maximum Gasteiger partial charge on any atom is 0.316 e. The zero-order valence-corrected chi connectivity index (χ0v) is 10.4. The lowest BCUT2D eigenvalue weighted by atomic mass is 9.66. The van der Waals surface area contributed by atoms with Gasteiger partial charge in [0, 0.05) is 6.42 Å². The molecule has 1 spiro atoms. The zero-order valence-electron chi connectivity index (χ0n) is 10.4. The van der Waals surface area contributed by atoms with Crippen LogP contribution in [0.2, 0.25) is 0 Å². The number of hydrogen-bond acceptors (Lipinski definition) is 5. The number of hydrogen-bond donors (Lipinski definition) is 0. The lowest BCUT2D eigenvalue weighted by Crippen LogP contribution is -2.57. The third-order valence-electron chi connectivity index (χ3n) is 3.89. The number of Topliss-reactive ketones (excluding diaryl/α,β-unsaturated/α-hetero) is 1. The summed E-state index contributed by atoms with van der Waals surface area (Å²) in [7, 11) is 1.30. The van der Waals surface area contributed by atoms with Crippen LogP contribution >= 0.6 is 0 Å². The molecule has 0 amide bonds. The fourth-order valence-electron chi connectivity index (χ4n) is 2.73. The summed E-state index contributed by atoms with van der Waals surface area (Å²) in [5.74, 6) is -2.16. The smallest absolute Gasteiger partial charge is 0.316 e. The first kappa shape index (κ1) is 12.5. The molecule has 0 aromatic rings. The Labute approximate surface area is 100 Å². The Kier molecular flexibility index (Phi) is 2.99. The molecule has 2 rings (SSSR count). The predicted octanol–water partition coefficient (Wildman–Crippen LogP) is 0.908. The topological polar surface area (TPSA) is 61.8 Å². The van der Waals surface area contributed by atoms with Crippen molar-refractivity contribution < 1.29 is 23.8 Å². The molecule has 1 heterocycles. The molecule has 1 saturated carbocycles. The van der Waals surface area contributed by atoms with Crippen molar-refractivity contribution in [3.8, 4) is 0 Å². The summed E-state index contributed by atoms with van der Waals surface area (Å²) in [6.07, 6.45) is 0.973. The molecule has 0 radical (unpaired) electrons. The van der Waals surface area contributed by atoms with Gasteiger partial charge in [-0.1, -0.05) is 0 Å². The first-order valence-corrected chi connectivity index (χ1v) is 5.85. The van der Waals surface area contributed by atoms with Gasteiger partial charge in [-0.2, -0.15) is 0 Å². The largest absolute Gasteiger partial charge is 0.468 e. The Morgan fingerprint density at radius 2 is 1.94 bits per heavy atom. The highest BCUT2D eigenvalue weighted by Crippen LogP contribution is 2.48. The number of rotatable bonds is 1. The van der Waals surface area contributed by atoms with Crippen LogP contribution in [-0.2, 0) is 23.8 Å². The van der Waals surface area contributed by atoms with Gasteiger partial charge in [0.15, 0.2) is 11.6 Å². The van der Waals surface area contributed by atoms with E-state index < -0.39 is 23.1 Å². The highest BCUT2D eigenvalue weighted by molar-refractivity contribution is 6.02. The monoisotopic (exact) mass is 242 g/mol. The van der Waals surface area contributed by atoms with E-state index in [1.165, 1.54) is 7.11 Å². The van der Waals surface area contributed by atoms with E-state index >= 15 is 0 Å². The molecule has 1 aliphatic carbocycles. The van der Waals surface area contributed by atoms with Crippen molar-refractivity contribution in [2.24, 2.45) is 11.3 Å². The summed E-state index contributed by atoms with van der Waals surface area (Å²) in [4.78, 5) is 23.9. The minimum Gasteiger partial charge on any atom is -0.468 e. The highest BCUT2D eigenvalue weighted by atomic mass is 16.7. The molecule has 96 valence electrons. The quantitative estimate of drug-likeness (QED) is 0.505. The molecular weight excluding hydrogens is 224 g/mol. The van der Waals surface area contributed by atoms with Gasteiger partial charge in [-0.25, -0.2) is 0 Å². The number of methoxy groups -OCH3 is 1. The van der Waals surface area contributed by atoms with Crippen molar-refractivity contribution in [3.63, 3.8) is 0 Å². The molecule has 0 aromatic carbocycles. The summed E-state index contributed by atoms with van der Waals surface area (Å²) in [6, 6.07) is 0. The summed E-state index contributed by atoms with van der Waals surface area (Å²) >= 11 is 0. The van der Waals surface area contributed by atoms with Crippen LogP contribution in [0.4, 0.5) is 0 Å². The van der Waals surface area contributed by atoms with Crippen LogP contribution in [0.3, 0.4) is 0 Å². The fourth-order valence-corrected chi connectivity index (χ4v) is 2.73. The molecular formula is C12H18O5. The molecule has 1 unspecified atom stereocenters. The average Bonchev–Trinajstić information content (AvgIpc) is 2.77. The number of ether oxygens (including phenoxy) is 3. The molecule has 2 aliphatic rings. The van der Waals surface area contributed by atoms with Crippen LogP contribution in [0, 0.1) is 11.3 Å². The fraction of sp³-hybridized carbons (Fsp3) is 0.833. The van der Waals surface area contributed by atoms with Gasteiger partial charge in [0.1, 0.15) is 5.92 Å². The minimum atomic E-state index is -0.853. The SMILES string of the molecule is COC(=O)C1CCC2(OCCO2)C(C)(C)C1=O. The summed E-state index contributed by atoms with van der Waals surface area (Å²) < 4.78 is 15.9. The van der Waals surface area contributed by atoms with Crippen molar-refractivity contribution in [1.29, 1.82) is 0 Å². The van der Waals surface area contributed by atoms with Gasteiger partial charge in [0.25, 0.3) is 0 Å². The standard InChI is InChI=1S/C12H18O5/c1-11(2)9(13)8(10(14)15-3)4-5-12(11)16-6-7-17-12/h8H,4-7H2,1-3H3. The van der Waals surface area contributed by atoms with Crippen molar-refractivity contribution in [2.45, 2.75) is 32.5 Å². The Balaban J connectivity index is 2.26. The molecule has 17 heavy (non-hydrogen) atoms. The van der Waals surface area contributed by atoms with E-state index in [1.807, 2.05) is 0 Å². The predicted molar refractivity (Wildman–Crippen MR) is 58.2 cm³/mol. The Morgan fingerprint density at radius 3 is 2.47 bits per heavy atom. The molecule has 0 N–H and O–H groups in total. The Morgan fingerprint density at radius 1 is 1.35 bits per heavy atom. The van der Waals surface area contributed by atoms with E-state index in [4.69, 9.17) is 9.47 Å². The van der Waals surface area contributed by atoms with Crippen LogP contribution in [0.25, 0.3) is 0 Å². The Bertz CT molecular complexity index is 341. The Hall–Kier alpha value is -0.940. The number of ketones is 1. The van der Waals surface area contributed by atoms with Crippen LogP contribution < -0.4 is 0 Å². The number of carbonyl (C=O) groups excluding carboxylic acids is 2. The molecule has 0 aromatic heterocycles. The first-order chi connectivity index (χ1) is 7.94. The van der Waals surface area contributed by atoms with Gasteiger partial charge in [-0.05, 0) is 20.3 Å². The van der Waals surface area contributed by atoms with E-state index in [-0.39, 0.29) is 5.78 Å². The average molecular weight is 242 g/mol. The lowest BCUT2D eigenvalue weighted by molar-refractivity contribution is -0.241. The van der Waals surface area contributed by atoms with Gasteiger partial charge < -0.3 is 14.2 Å². The minimum absolute atomic E-state index is 0.155. The van der Waals surface area contributed by atoms with Crippen LogP contribution in [0.1, 0.15) is 26.7 Å². The normalized spacial score (nSPS) is 30.5.